The quantitative estimate of drug-likeness (QED) is 0.537. The van der Waals surface area contributed by atoms with Crippen molar-refractivity contribution in [3.63, 3.8) is 0 Å². The van der Waals surface area contributed by atoms with E-state index in [1.807, 2.05) is 54.6 Å². The molecule has 1 amide bonds. The van der Waals surface area contributed by atoms with E-state index >= 15 is 0 Å². The van der Waals surface area contributed by atoms with Crippen LogP contribution in [-0.2, 0) is 0 Å². The van der Waals surface area contributed by atoms with E-state index in [1.54, 1.807) is 19.4 Å². The van der Waals surface area contributed by atoms with Crippen LogP contribution in [0.1, 0.15) is 15.9 Å². The number of benzene rings is 3. The van der Waals surface area contributed by atoms with E-state index in [4.69, 9.17) is 4.74 Å². The van der Waals surface area contributed by atoms with Crippen molar-refractivity contribution in [2.24, 2.45) is 5.10 Å². The molecule has 0 heterocycles. The van der Waals surface area contributed by atoms with Crippen molar-refractivity contribution in [2.45, 2.75) is 0 Å². The van der Waals surface area contributed by atoms with Gasteiger partial charge in [0.15, 0.2) is 0 Å². The third-order valence-corrected chi connectivity index (χ3v) is 4.03. The summed E-state index contributed by atoms with van der Waals surface area (Å²) in [5, 5.41) is 6.00. The van der Waals surface area contributed by atoms with Crippen molar-refractivity contribution >= 4 is 38.8 Å². The van der Waals surface area contributed by atoms with Crippen LogP contribution in [0.4, 0.5) is 0 Å². The van der Waals surface area contributed by atoms with Crippen LogP contribution in [0.2, 0.25) is 0 Å². The first-order chi connectivity index (χ1) is 11.7. The van der Waals surface area contributed by atoms with Crippen molar-refractivity contribution in [1.82, 2.24) is 5.43 Å². The molecule has 0 aliphatic carbocycles. The summed E-state index contributed by atoms with van der Waals surface area (Å²) in [4.78, 5) is 12.4. The average Bonchev–Trinajstić information content (AvgIpc) is 2.60. The molecule has 1 N–H and O–H groups in total. The van der Waals surface area contributed by atoms with Crippen LogP contribution in [0.3, 0.4) is 0 Å². The average molecular weight is 383 g/mol. The van der Waals surface area contributed by atoms with Gasteiger partial charge in [0.25, 0.3) is 5.91 Å². The number of carbonyl (C=O) groups excluding carboxylic acids is 1. The number of hydrogen-bond acceptors (Lipinski definition) is 3. The number of hydrazone groups is 1. The Labute approximate surface area is 148 Å². The first-order valence-corrected chi connectivity index (χ1v) is 8.12. The molecular formula is C19H15BrN2O2. The second-order valence-electron chi connectivity index (χ2n) is 5.15. The third kappa shape index (κ3) is 3.63. The number of carbonyl (C=O) groups is 1. The molecule has 0 fully saturated rings. The minimum Gasteiger partial charge on any atom is -0.496 e. The second-order valence-corrected chi connectivity index (χ2v) is 6.07. The summed E-state index contributed by atoms with van der Waals surface area (Å²) in [7, 11) is 1.55. The van der Waals surface area contributed by atoms with Gasteiger partial charge in [0, 0.05) is 4.47 Å². The van der Waals surface area contributed by atoms with Crippen molar-refractivity contribution in [3.8, 4) is 5.75 Å². The Morgan fingerprint density at radius 2 is 1.83 bits per heavy atom. The highest BCUT2D eigenvalue weighted by atomic mass is 79.9. The van der Waals surface area contributed by atoms with Crippen LogP contribution < -0.4 is 10.2 Å². The van der Waals surface area contributed by atoms with E-state index in [0.29, 0.717) is 11.3 Å². The fourth-order valence-corrected chi connectivity index (χ4v) is 2.80. The molecule has 0 bridgehead atoms. The molecular weight excluding hydrogens is 368 g/mol. The molecule has 0 saturated heterocycles. The van der Waals surface area contributed by atoms with Gasteiger partial charge in [-0.25, -0.2) is 5.43 Å². The van der Waals surface area contributed by atoms with E-state index in [2.05, 4.69) is 26.5 Å². The summed E-state index contributed by atoms with van der Waals surface area (Å²) in [6.45, 7) is 0. The zero-order chi connectivity index (χ0) is 16.9. The van der Waals surface area contributed by atoms with E-state index in [-0.39, 0.29) is 5.91 Å². The van der Waals surface area contributed by atoms with Gasteiger partial charge in [0.1, 0.15) is 5.75 Å². The molecule has 0 aromatic heterocycles. The molecule has 0 radical (unpaired) electrons. The molecule has 0 saturated carbocycles. The summed E-state index contributed by atoms with van der Waals surface area (Å²) in [5.41, 5.74) is 3.87. The van der Waals surface area contributed by atoms with Gasteiger partial charge in [-0.2, -0.15) is 5.10 Å². The maximum atomic E-state index is 12.4. The first kappa shape index (κ1) is 16.2. The summed E-state index contributed by atoms with van der Waals surface area (Å²) in [6.07, 6.45) is 1.59. The topological polar surface area (TPSA) is 50.7 Å². The maximum absolute atomic E-state index is 12.4. The number of amides is 1. The van der Waals surface area contributed by atoms with Crippen molar-refractivity contribution in [3.05, 3.63) is 76.3 Å². The number of nitrogens with zero attached hydrogens (tertiary/aromatic N) is 1. The maximum Gasteiger partial charge on any atom is 0.275 e. The highest BCUT2D eigenvalue weighted by Gasteiger charge is 2.13. The predicted molar refractivity (Wildman–Crippen MR) is 99.7 cm³/mol. The van der Waals surface area contributed by atoms with Crippen molar-refractivity contribution < 1.29 is 9.53 Å². The summed E-state index contributed by atoms with van der Waals surface area (Å²) in [6, 6.07) is 19.1. The number of hydrogen-bond donors (Lipinski definition) is 1. The summed E-state index contributed by atoms with van der Waals surface area (Å²) >= 11 is 3.40. The van der Waals surface area contributed by atoms with E-state index in [9.17, 15) is 4.79 Å². The predicted octanol–water partition coefficient (Wildman–Crippen LogP) is 4.37. The number of fused-ring (bicyclic) bond motifs is 1. The third-order valence-electron chi connectivity index (χ3n) is 3.54. The van der Waals surface area contributed by atoms with Gasteiger partial charge in [-0.3, -0.25) is 4.79 Å². The number of halogens is 1. The Morgan fingerprint density at radius 1 is 1.08 bits per heavy atom. The molecule has 24 heavy (non-hydrogen) atoms. The molecule has 0 unspecified atom stereocenters. The minimum absolute atomic E-state index is 0.316. The molecule has 0 atom stereocenters. The second kappa shape index (κ2) is 7.27. The monoisotopic (exact) mass is 382 g/mol. The lowest BCUT2D eigenvalue weighted by atomic mass is 10.1. The molecule has 3 rings (SSSR count). The minimum atomic E-state index is -0.316. The Morgan fingerprint density at radius 3 is 2.54 bits per heavy atom. The van der Waals surface area contributed by atoms with E-state index in [1.165, 1.54) is 0 Å². The van der Waals surface area contributed by atoms with Crippen LogP contribution in [0.5, 0.6) is 5.75 Å². The highest BCUT2D eigenvalue weighted by molar-refractivity contribution is 9.10. The van der Waals surface area contributed by atoms with Crippen molar-refractivity contribution in [2.75, 3.05) is 7.11 Å². The standard InChI is InChI=1S/C19H15BrN2O2/c1-24-18-11-15-7-3-2-6-14(15)10-17(18)19(23)22-21-12-13-5-4-8-16(20)9-13/h2-12H,1H3,(H,22,23)/b21-12-. The van der Waals surface area contributed by atoms with Gasteiger partial charge in [0.2, 0.25) is 0 Å². The van der Waals surface area contributed by atoms with Gasteiger partial charge in [-0.15, -0.1) is 0 Å². The van der Waals surface area contributed by atoms with Crippen LogP contribution in [0, 0.1) is 0 Å². The van der Waals surface area contributed by atoms with Gasteiger partial charge in [-0.05, 0) is 40.6 Å². The van der Waals surface area contributed by atoms with Crippen LogP contribution >= 0.6 is 15.9 Å². The Balaban J connectivity index is 1.83. The summed E-state index contributed by atoms with van der Waals surface area (Å²) in [5.74, 6) is 0.202. The fraction of sp³-hybridized carbons (Fsp3) is 0.0526. The van der Waals surface area contributed by atoms with Crippen LogP contribution in [0.25, 0.3) is 10.8 Å². The van der Waals surface area contributed by atoms with Gasteiger partial charge in [-0.1, -0.05) is 52.3 Å². The Kier molecular flexibility index (Phi) is 4.91. The van der Waals surface area contributed by atoms with Gasteiger partial charge in [0.05, 0.1) is 18.9 Å². The zero-order valence-electron chi connectivity index (χ0n) is 13.0. The van der Waals surface area contributed by atoms with Crippen LogP contribution in [0.15, 0.2) is 70.2 Å². The van der Waals surface area contributed by atoms with Gasteiger partial charge >= 0.3 is 0 Å². The largest absolute Gasteiger partial charge is 0.496 e. The smallest absolute Gasteiger partial charge is 0.275 e. The lowest BCUT2D eigenvalue weighted by Gasteiger charge is -2.09. The zero-order valence-corrected chi connectivity index (χ0v) is 14.6. The normalized spacial score (nSPS) is 10.9. The van der Waals surface area contributed by atoms with Crippen LogP contribution in [-0.4, -0.2) is 19.2 Å². The Hall–Kier alpha value is -2.66. The Bertz CT molecular complexity index is 922. The van der Waals surface area contributed by atoms with E-state index < -0.39 is 0 Å². The number of methoxy groups -OCH3 is 1. The lowest BCUT2D eigenvalue weighted by molar-refractivity contribution is 0.0952. The molecule has 0 aliphatic heterocycles. The first-order valence-electron chi connectivity index (χ1n) is 7.33. The molecule has 3 aromatic carbocycles. The SMILES string of the molecule is COc1cc2ccccc2cc1C(=O)N/N=C\c1cccc(Br)c1. The molecule has 0 aliphatic rings. The number of nitrogens with one attached hydrogen (secondary N) is 1. The molecule has 120 valence electrons. The van der Waals surface area contributed by atoms with Gasteiger partial charge < -0.3 is 4.74 Å². The van der Waals surface area contributed by atoms with Crippen molar-refractivity contribution in [1.29, 1.82) is 0 Å². The number of rotatable bonds is 4. The fourth-order valence-electron chi connectivity index (χ4n) is 2.38. The molecule has 3 aromatic rings. The highest BCUT2D eigenvalue weighted by Crippen LogP contribution is 2.25. The molecule has 0 spiro atoms. The summed E-state index contributed by atoms with van der Waals surface area (Å²) < 4.78 is 6.29. The molecule has 4 nitrogen and oxygen atoms in total. The number of ether oxygens (including phenoxy) is 1. The van der Waals surface area contributed by atoms with E-state index in [0.717, 1.165) is 20.8 Å². The lowest BCUT2D eigenvalue weighted by Crippen LogP contribution is -2.18. The molecule has 5 heteroatoms.